The summed E-state index contributed by atoms with van der Waals surface area (Å²) < 4.78 is 5.67. The molecule has 1 fully saturated rings. The van der Waals surface area contributed by atoms with Gasteiger partial charge in [0.2, 0.25) is 0 Å². The zero-order valence-corrected chi connectivity index (χ0v) is 11.6. The van der Waals surface area contributed by atoms with E-state index < -0.39 is 0 Å². The van der Waals surface area contributed by atoms with Crippen molar-refractivity contribution in [3.63, 3.8) is 0 Å². The summed E-state index contributed by atoms with van der Waals surface area (Å²) in [6.45, 7) is 3.95. The lowest BCUT2D eigenvalue weighted by Gasteiger charge is -2.39. The summed E-state index contributed by atoms with van der Waals surface area (Å²) in [5, 5.41) is 11.9. The highest BCUT2D eigenvalue weighted by atomic mass is 16.5. The first kappa shape index (κ1) is 14.5. The highest BCUT2D eigenvalue weighted by Gasteiger charge is 2.33. The maximum absolute atomic E-state index is 12.3. The summed E-state index contributed by atoms with van der Waals surface area (Å²) in [6, 6.07) is 11.4. The van der Waals surface area contributed by atoms with Crippen LogP contribution in [-0.4, -0.2) is 37.7 Å². The first-order valence-corrected chi connectivity index (χ1v) is 6.72. The van der Waals surface area contributed by atoms with E-state index in [9.17, 15) is 4.79 Å². The molecule has 1 aliphatic rings. The van der Waals surface area contributed by atoms with Gasteiger partial charge in [-0.15, -0.1) is 0 Å². The molecule has 0 radical (unpaired) electrons. The number of hydrogen-bond donors (Lipinski definition) is 1. The lowest BCUT2D eigenvalue weighted by Crippen LogP contribution is -2.59. The summed E-state index contributed by atoms with van der Waals surface area (Å²) in [7, 11) is 0. The number of amides is 1. The first-order valence-electron chi connectivity index (χ1n) is 6.72. The van der Waals surface area contributed by atoms with Gasteiger partial charge in [-0.2, -0.15) is 5.26 Å². The maximum Gasteiger partial charge on any atom is 0.253 e. The van der Waals surface area contributed by atoms with Gasteiger partial charge in [-0.25, -0.2) is 0 Å². The smallest absolute Gasteiger partial charge is 0.253 e. The molecule has 0 atom stereocenters. The van der Waals surface area contributed by atoms with Crippen LogP contribution in [0.15, 0.2) is 30.3 Å². The Morgan fingerprint density at radius 1 is 1.45 bits per heavy atom. The zero-order chi connectivity index (χ0) is 14.4. The molecule has 1 heterocycles. The quantitative estimate of drug-likeness (QED) is 0.848. The van der Waals surface area contributed by atoms with Gasteiger partial charge >= 0.3 is 0 Å². The number of benzene rings is 1. The minimum Gasteiger partial charge on any atom is -0.363 e. The van der Waals surface area contributed by atoms with E-state index in [1.807, 2.05) is 37.3 Å². The Hall–Kier alpha value is -1.90. The Kier molecular flexibility index (Phi) is 4.72. The lowest BCUT2D eigenvalue weighted by molar-refractivity contribution is -0.133. The number of carbonyl (C=O) groups is 1. The summed E-state index contributed by atoms with van der Waals surface area (Å²) in [5.41, 5.74) is 0.556. The molecule has 5 nitrogen and oxygen atoms in total. The second-order valence-corrected chi connectivity index (χ2v) is 5.13. The second kappa shape index (κ2) is 6.51. The van der Waals surface area contributed by atoms with Crippen LogP contribution in [0.3, 0.4) is 0 Å². The average Bonchev–Trinajstić information content (AvgIpc) is 2.44. The van der Waals surface area contributed by atoms with Crippen molar-refractivity contribution in [2.75, 3.05) is 31.1 Å². The summed E-state index contributed by atoms with van der Waals surface area (Å²) in [5.74, 6) is -0.112. The number of ether oxygens (including phenoxy) is 1. The third-order valence-corrected chi connectivity index (χ3v) is 3.36. The van der Waals surface area contributed by atoms with Crippen molar-refractivity contribution in [3.8, 4) is 6.07 Å². The standard InChI is InChI=1S/C15H19N3O2/c1-15(11-17-12-15)20-10-14(19)18(9-5-8-16)13-6-3-2-4-7-13/h2-4,6-7,17H,5,9-12H2,1H3. The van der Waals surface area contributed by atoms with E-state index in [0.717, 1.165) is 18.8 Å². The number of nitrogens with one attached hydrogen (secondary N) is 1. The summed E-state index contributed by atoms with van der Waals surface area (Å²) >= 11 is 0. The molecule has 1 aliphatic heterocycles. The Morgan fingerprint density at radius 2 is 2.15 bits per heavy atom. The zero-order valence-electron chi connectivity index (χ0n) is 11.6. The minimum atomic E-state index is -0.243. The van der Waals surface area contributed by atoms with Gasteiger partial charge in [-0.3, -0.25) is 4.79 Å². The number of hydrogen-bond acceptors (Lipinski definition) is 4. The molecule has 5 heteroatoms. The third kappa shape index (κ3) is 3.56. The number of anilines is 1. The first-order chi connectivity index (χ1) is 9.64. The van der Waals surface area contributed by atoms with Gasteiger partial charge in [0.25, 0.3) is 5.91 Å². The molecule has 2 rings (SSSR count). The molecule has 0 saturated carbocycles. The predicted octanol–water partition coefficient (Wildman–Crippen LogP) is 1.31. The Bertz CT molecular complexity index is 492. The van der Waals surface area contributed by atoms with Crippen LogP contribution in [0, 0.1) is 11.3 Å². The van der Waals surface area contributed by atoms with Gasteiger partial charge in [-0.05, 0) is 19.1 Å². The normalized spacial score (nSPS) is 16.0. The molecule has 0 unspecified atom stereocenters. The van der Waals surface area contributed by atoms with Crippen molar-refractivity contribution in [1.82, 2.24) is 5.32 Å². The summed E-state index contributed by atoms with van der Waals surface area (Å²) in [4.78, 5) is 13.9. The van der Waals surface area contributed by atoms with Crippen LogP contribution < -0.4 is 10.2 Å². The SMILES string of the molecule is CC1(OCC(=O)N(CCC#N)c2ccccc2)CNC1. The maximum atomic E-state index is 12.3. The average molecular weight is 273 g/mol. The third-order valence-electron chi connectivity index (χ3n) is 3.36. The molecule has 20 heavy (non-hydrogen) atoms. The van der Waals surface area contributed by atoms with Crippen molar-refractivity contribution in [2.45, 2.75) is 18.9 Å². The van der Waals surface area contributed by atoms with Crippen molar-refractivity contribution in [3.05, 3.63) is 30.3 Å². The van der Waals surface area contributed by atoms with Crippen LogP contribution in [0.5, 0.6) is 0 Å². The molecule has 0 spiro atoms. The van der Waals surface area contributed by atoms with Crippen LogP contribution >= 0.6 is 0 Å². The molecule has 0 aromatic heterocycles. The van der Waals surface area contributed by atoms with Crippen LogP contribution in [-0.2, 0) is 9.53 Å². The van der Waals surface area contributed by atoms with Crippen LogP contribution in [0.4, 0.5) is 5.69 Å². The van der Waals surface area contributed by atoms with Crippen molar-refractivity contribution in [2.24, 2.45) is 0 Å². The van der Waals surface area contributed by atoms with E-state index >= 15 is 0 Å². The molecule has 1 amide bonds. The number of carbonyl (C=O) groups excluding carboxylic acids is 1. The molecule has 0 bridgehead atoms. The van der Waals surface area contributed by atoms with E-state index in [2.05, 4.69) is 11.4 Å². The topological polar surface area (TPSA) is 65.4 Å². The second-order valence-electron chi connectivity index (χ2n) is 5.13. The minimum absolute atomic E-state index is 0.0402. The van der Waals surface area contributed by atoms with Gasteiger partial charge < -0.3 is 15.0 Å². The van der Waals surface area contributed by atoms with Crippen molar-refractivity contribution >= 4 is 11.6 Å². The van der Waals surface area contributed by atoms with Gasteiger partial charge in [0.15, 0.2) is 0 Å². The van der Waals surface area contributed by atoms with E-state index in [1.165, 1.54) is 0 Å². The van der Waals surface area contributed by atoms with Crippen molar-refractivity contribution in [1.29, 1.82) is 5.26 Å². The van der Waals surface area contributed by atoms with E-state index in [1.54, 1.807) is 4.90 Å². The highest BCUT2D eigenvalue weighted by Crippen LogP contribution is 2.18. The van der Waals surface area contributed by atoms with E-state index in [-0.39, 0.29) is 18.1 Å². The highest BCUT2D eigenvalue weighted by molar-refractivity contribution is 5.94. The molecule has 0 aliphatic carbocycles. The van der Waals surface area contributed by atoms with Gasteiger partial charge in [0.1, 0.15) is 6.61 Å². The van der Waals surface area contributed by atoms with Gasteiger partial charge in [0.05, 0.1) is 18.1 Å². The number of rotatable bonds is 6. The van der Waals surface area contributed by atoms with Crippen LogP contribution in [0.1, 0.15) is 13.3 Å². The fourth-order valence-electron chi connectivity index (χ4n) is 2.06. The number of nitrogens with zero attached hydrogens (tertiary/aromatic N) is 2. The Balaban J connectivity index is 1.98. The fourth-order valence-corrected chi connectivity index (χ4v) is 2.06. The molecule has 106 valence electrons. The molecule has 1 saturated heterocycles. The molecule has 1 N–H and O–H groups in total. The molecular weight excluding hydrogens is 254 g/mol. The molecule has 1 aromatic carbocycles. The molecule has 1 aromatic rings. The van der Waals surface area contributed by atoms with Crippen LogP contribution in [0.25, 0.3) is 0 Å². The fraction of sp³-hybridized carbons (Fsp3) is 0.467. The van der Waals surface area contributed by atoms with E-state index in [0.29, 0.717) is 13.0 Å². The largest absolute Gasteiger partial charge is 0.363 e. The number of nitriles is 1. The summed E-state index contributed by atoms with van der Waals surface area (Å²) in [6.07, 6.45) is 0.305. The Labute approximate surface area is 119 Å². The van der Waals surface area contributed by atoms with Gasteiger partial charge in [0, 0.05) is 25.3 Å². The lowest BCUT2D eigenvalue weighted by atomic mass is 10.0. The monoisotopic (exact) mass is 273 g/mol. The number of para-hydroxylation sites is 1. The Morgan fingerprint density at radius 3 is 2.70 bits per heavy atom. The predicted molar refractivity (Wildman–Crippen MR) is 76.3 cm³/mol. The van der Waals surface area contributed by atoms with Crippen molar-refractivity contribution < 1.29 is 9.53 Å². The van der Waals surface area contributed by atoms with Gasteiger partial charge in [-0.1, -0.05) is 18.2 Å². The van der Waals surface area contributed by atoms with E-state index in [4.69, 9.17) is 10.00 Å². The molecular formula is C15H19N3O2. The van der Waals surface area contributed by atoms with Crippen LogP contribution in [0.2, 0.25) is 0 Å².